The maximum absolute atomic E-state index is 6.10. The summed E-state index contributed by atoms with van der Waals surface area (Å²) in [5.41, 5.74) is 1.29. The van der Waals surface area contributed by atoms with Crippen LogP contribution < -0.4 is 5.32 Å². The molecule has 1 aliphatic rings. The van der Waals surface area contributed by atoms with E-state index in [2.05, 4.69) is 38.3 Å². The van der Waals surface area contributed by atoms with Crippen LogP contribution in [0.3, 0.4) is 0 Å². The van der Waals surface area contributed by atoms with Gasteiger partial charge in [-0.15, -0.1) is 12.4 Å². The molecule has 1 aliphatic heterocycles. The number of hydrogen-bond donors (Lipinski definition) is 1. The Bertz CT molecular complexity index is 387. The Morgan fingerprint density at radius 3 is 2.94 bits per heavy atom. The molecule has 2 rings (SSSR count). The molecule has 1 saturated heterocycles. The average molecular weight is 354 g/mol. The second kappa shape index (κ2) is 7.71. The first-order valence-electron chi connectivity index (χ1n) is 6.00. The van der Waals surface area contributed by atoms with Crippen molar-refractivity contribution in [2.24, 2.45) is 5.92 Å². The number of likely N-dealkylation sites (tertiary alicyclic amines) is 1. The monoisotopic (exact) mass is 352 g/mol. The summed E-state index contributed by atoms with van der Waals surface area (Å²) < 4.78 is 0.970. The number of halogens is 3. The van der Waals surface area contributed by atoms with Crippen molar-refractivity contribution in [1.29, 1.82) is 0 Å². The molecule has 0 radical (unpaired) electrons. The van der Waals surface area contributed by atoms with Crippen molar-refractivity contribution in [3.63, 3.8) is 0 Å². The minimum absolute atomic E-state index is 0. The SMILES string of the molecule is CNCC1CCN(Cc2ccc(Br)c(Cl)c2)C1.Cl. The van der Waals surface area contributed by atoms with E-state index in [1.807, 2.05) is 13.1 Å². The summed E-state index contributed by atoms with van der Waals surface area (Å²) in [5.74, 6) is 0.797. The third-order valence-electron chi connectivity index (χ3n) is 3.25. The van der Waals surface area contributed by atoms with Gasteiger partial charge in [0.2, 0.25) is 0 Å². The Hall–Kier alpha value is 0.200. The number of hydrogen-bond acceptors (Lipinski definition) is 2. The topological polar surface area (TPSA) is 15.3 Å². The Kier molecular flexibility index (Phi) is 6.96. The first-order chi connectivity index (χ1) is 8.19. The average Bonchev–Trinajstić information content (AvgIpc) is 2.72. The quantitative estimate of drug-likeness (QED) is 0.890. The van der Waals surface area contributed by atoms with Crippen molar-refractivity contribution >= 4 is 39.9 Å². The van der Waals surface area contributed by atoms with Crippen LogP contribution >= 0.6 is 39.9 Å². The van der Waals surface area contributed by atoms with Crippen LogP contribution in [0.2, 0.25) is 5.02 Å². The lowest BCUT2D eigenvalue weighted by Crippen LogP contribution is -2.24. The fourth-order valence-corrected chi connectivity index (χ4v) is 2.86. The highest BCUT2D eigenvalue weighted by atomic mass is 79.9. The zero-order valence-electron chi connectivity index (χ0n) is 10.5. The molecule has 1 unspecified atom stereocenters. The van der Waals surface area contributed by atoms with Gasteiger partial charge in [-0.05, 0) is 66.1 Å². The van der Waals surface area contributed by atoms with Crippen LogP contribution in [-0.4, -0.2) is 31.6 Å². The molecule has 102 valence electrons. The number of nitrogens with one attached hydrogen (secondary N) is 1. The first-order valence-corrected chi connectivity index (χ1v) is 7.17. The van der Waals surface area contributed by atoms with Crippen LogP contribution in [0.5, 0.6) is 0 Å². The molecule has 0 saturated carbocycles. The predicted molar refractivity (Wildman–Crippen MR) is 83.7 cm³/mol. The van der Waals surface area contributed by atoms with Crippen molar-refractivity contribution in [1.82, 2.24) is 10.2 Å². The largest absolute Gasteiger partial charge is 0.319 e. The fraction of sp³-hybridized carbons (Fsp3) is 0.538. The van der Waals surface area contributed by atoms with E-state index in [9.17, 15) is 0 Å². The molecule has 0 aliphatic carbocycles. The Balaban J connectivity index is 0.00000162. The molecule has 1 atom stereocenters. The van der Waals surface area contributed by atoms with Gasteiger partial charge < -0.3 is 5.32 Å². The lowest BCUT2D eigenvalue weighted by molar-refractivity contribution is 0.315. The van der Waals surface area contributed by atoms with E-state index < -0.39 is 0 Å². The van der Waals surface area contributed by atoms with E-state index in [4.69, 9.17) is 11.6 Å². The summed E-state index contributed by atoms with van der Waals surface area (Å²) >= 11 is 9.52. The van der Waals surface area contributed by atoms with Gasteiger partial charge in [0, 0.05) is 17.6 Å². The van der Waals surface area contributed by atoms with Crippen molar-refractivity contribution in [3.05, 3.63) is 33.3 Å². The molecule has 1 N–H and O–H groups in total. The molecular weight excluding hydrogens is 335 g/mol. The predicted octanol–water partition coefficient (Wildman–Crippen LogP) is 3.57. The molecule has 0 bridgehead atoms. The third kappa shape index (κ3) is 4.39. The zero-order chi connectivity index (χ0) is 12.3. The highest BCUT2D eigenvalue weighted by Crippen LogP contribution is 2.25. The Morgan fingerprint density at radius 2 is 2.28 bits per heavy atom. The highest BCUT2D eigenvalue weighted by Gasteiger charge is 2.21. The second-order valence-corrected chi connectivity index (χ2v) is 5.96. The van der Waals surface area contributed by atoms with Crippen molar-refractivity contribution in [3.8, 4) is 0 Å². The van der Waals surface area contributed by atoms with Gasteiger partial charge in [-0.1, -0.05) is 17.7 Å². The summed E-state index contributed by atoms with van der Waals surface area (Å²) in [6.45, 7) is 4.51. The molecular formula is C13H19BrCl2N2. The van der Waals surface area contributed by atoms with Crippen LogP contribution in [0.4, 0.5) is 0 Å². The number of benzene rings is 1. The number of rotatable bonds is 4. The zero-order valence-corrected chi connectivity index (χ0v) is 13.6. The Labute approximate surface area is 129 Å². The van der Waals surface area contributed by atoms with Crippen LogP contribution in [0.15, 0.2) is 22.7 Å². The van der Waals surface area contributed by atoms with E-state index in [-0.39, 0.29) is 12.4 Å². The summed E-state index contributed by atoms with van der Waals surface area (Å²) in [6.07, 6.45) is 1.30. The van der Waals surface area contributed by atoms with E-state index in [1.54, 1.807) is 0 Å². The molecule has 1 aromatic rings. The van der Waals surface area contributed by atoms with E-state index in [1.165, 1.54) is 25.1 Å². The molecule has 0 amide bonds. The molecule has 0 aromatic heterocycles. The molecule has 1 aromatic carbocycles. The van der Waals surface area contributed by atoms with Crippen molar-refractivity contribution in [2.45, 2.75) is 13.0 Å². The summed E-state index contributed by atoms with van der Waals surface area (Å²) in [5, 5.41) is 4.06. The minimum atomic E-state index is 0. The van der Waals surface area contributed by atoms with Gasteiger partial charge in [0.05, 0.1) is 5.02 Å². The molecule has 5 heteroatoms. The maximum Gasteiger partial charge on any atom is 0.0551 e. The van der Waals surface area contributed by atoms with E-state index >= 15 is 0 Å². The normalized spacial score (nSPS) is 19.8. The molecule has 1 heterocycles. The van der Waals surface area contributed by atoms with Gasteiger partial charge in [0.1, 0.15) is 0 Å². The van der Waals surface area contributed by atoms with Crippen molar-refractivity contribution < 1.29 is 0 Å². The second-order valence-electron chi connectivity index (χ2n) is 4.70. The highest BCUT2D eigenvalue weighted by molar-refractivity contribution is 9.10. The fourth-order valence-electron chi connectivity index (χ4n) is 2.41. The van der Waals surface area contributed by atoms with Gasteiger partial charge in [-0.2, -0.15) is 0 Å². The summed E-state index contributed by atoms with van der Waals surface area (Å²) in [7, 11) is 2.02. The maximum atomic E-state index is 6.10. The lowest BCUT2D eigenvalue weighted by Gasteiger charge is -2.16. The van der Waals surface area contributed by atoms with Crippen molar-refractivity contribution in [2.75, 3.05) is 26.7 Å². The lowest BCUT2D eigenvalue weighted by atomic mass is 10.1. The molecule has 18 heavy (non-hydrogen) atoms. The first kappa shape index (κ1) is 16.3. The number of nitrogens with zero attached hydrogens (tertiary/aromatic N) is 1. The van der Waals surface area contributed by atoms with E-state index in [0.29, 0.717) is 0 Å². The third-order valence-corrected chi connectivity index (χ3v) is 4.49. The van der Waals surface area contributed by atoms with Crippen LogP contribution in [0.25, 0.3) is 0 Å². The van der Waals surface area contributed by atoms with E-state index in [0.717, 1.165) is 28.5 Å². The van der Waals surface area contributed by atoms with Crippen LogP contribution in [0.1, 0.15) is 12.0 Å². The van der Waals surface area contributed by atoms with Crippen LogP contribution in [0, 0.1) is 5.92 Å². The Morgan fingerprint density at radius 1 is 1.50 bits per heavy atom. The summed E-state index contributed by atoms with van der Waals surface area (Å²) in [4.78, 5) is 2.50. The smallest absolute Gasteiger partial charge is 0.0551 e. The molecule has 1 fully saturated rings. The van der Waals surface area contributed by atoms with Gasteiger partial charge in [0.25, 0.3) is 0 Å². The van der Waals surface area contributed by atoms with Gasteiger partial charge in [-0.3, -0.25) is 4.90 Å². The van der Waals surface area contributed by atoms with Gasteiger partial charge >= 0.3 is 0 Å². The minimum Gasteiger partial charge on any atom is -0.319 e. The van der Waals surface area contributed by atoms with Gasteiger partial charge in [0.15, 0.2) is 0 Å². The molecule has 2 nitrogen and oxygen atoms in total. The van der Waals surface area contributed by atoms with Crippen LogP contribution in [-0.2, 0) is 6.54 Å². The summed E-state index contributed by atoms with van der Waals surface area (Å²) in [6, 6.07) is 6.22. The molecule has 0 spiro atoms. The van der Waals surface area contributed by atoms with Gasteiger partial charge in [-0.25, -0.2) is 0 Å². The standard InChI is InChI=1S/C13H18BrClN2.ClH/c1-16-7-11-4-5-17(9-11)8-10-2-3-12(14)13(15)6-10;/h2-3,6,11,16H,4-5,7-9H2,1H3;1H.